The van der Waals surface area contributed by atoms with Gasteiger partial charge >= 0.3 is 0 Å². The van der Waals surface area contributed by atoms with Crippen LogP contribution in [0.2, 0.25) is 0 Å². The number of carbonyl (C=O) groups is 1. The lowest BCUT2D eigenvalue weighted by atomic mass is 9.82. The number of fused-ring (bicyclic) bond motifs is 1. The molecule has 0 saturated heterocycles. The van der Waals surface area contributed by atoms with Gasteiger partial charge in [0.15, 0.2) is 5.75 Å². The van der Waals surface area contributed by atoms with Crippen molar-refractivity contribution in [2.45, 2.75) is 24.6 Å². The zero-order chi connectivity index (χ0) is 17.4. The average Bonchev–Trinajstić information content (AvgIpc) is 3.13. The molecule has 1 amide bonds. The van der Waals surface area contributed by atoms with E-state index in [1.807, 2.05) is 24.3 Å². The van der Waals surface area contributed by atoms with Gasteiger partial charge in [0.2, 0.25) is 0 Å². The molecule has 0 radical (unpaired) electrons. The minimum Gasteiger partial charge on any atom is -0.494 e. The molecule has 1 fully saturated rings. The number of aliphatic hydroxyl groups excluding tert-OH is 1. The van der Waals surface area contributed by atoms with Gasteiger partial charge in [-0.1, -0.05) is 18.2 Å². The number of aliphatic hydroxyl groups is 1. The van der Waals surface area contributed by atoms with Crippen molar-refractivity contribution in [3.8, 4) is 5.75 Å². The molecule has 7 nitrogen and oxygen atoms in total. The fourth-order valence-electron chi connectivity index (χ4n) is 3.33. The van der Waals surface area contributed by atoms with Crippen LogP contribution >= 0.6 is 0 Å². The summed E-state index contributed by atoms with van der Waals surface area (Å²) in [5.74, 6) is 0.177. The number of rotatable bonds is 4. The van der Waals surface area contributed by atoms with Crippen LogP contribution < -0.4 is 10.1 Å². The molecule has 25 heavy (non-hydrogen) atoms. The van der Waals surface area contributed by atoms with Gasteiger partial charge in [-0.3, -0.25) is 14.5 Å². The standard InChI is InChI=1S/C18H18N4O3/c1-25-15-10-19-12-6-3-2-5-11(12)16(15)18(24)21-13-9-14(23)17(13)22-8-4-7-20-22/h2-8,10,13-14,17,23H,9H2,1H3,(H,21,24)/t13-,14+,17+/m0/s1. The van der Waals surface area contributed by atoms with Gasteiger partial charge in [0.05, 0.1) is 42.6 Å². The molecule has 4 rings (SSSR count). The summed E-state index contributed by atoms with van der Waals surface area (Å²) in [7, 11) is 1.52. The number of aromatic nitrogens is 3. The van der Waals surface area contributed by atoms with Gasteiger partial charge in [-0.2, -0.15) is 5.10 Å². The number of para-hydroxylation sites is 1. The van der Waals surface area contributed by atoms with Gasteiger partial charge in [-0.15, -0.1) is 0 Å². The van der Waals surface area contributed by atoms with Crippen LogP contribution in [0.1, 0.15) is 22.8 Å². The number of ether oxygens (including phenoxy) is 1. The normalized spacial score (nSPS) is 22.4. The van der Waals surface area contributed by atoms with Gasteiger partial charge in [0.1, 0.15) is 0 Å². The Kier molecular flexibility index (Phi) is 3.85. The predicted molar refractivity (Wildman–Crippen MR) is 91.4 cm³/mol. The summed E-state index contributed by atoms with van der Waals surface area (Å²) >= 11 is 0. The Morgan fingerprint density at radius 1 is 1.36 bits per heavy atom. The Balaban J connectivity index is 1.65. The molecule has 2 heterocycles. The Labute approximate surface area is 144 Å². The monoisotopic (exact) mass is 338 g/mol. The number of methoxy groups -OCH3 is 1. The van der Waals surface area contributed by atoms with E-state index in [2.05, 4.69) is 15.4 Å². The molecule has 3 aromatic rings. The van der Waals surface area contributed by atoms with E-state index in [9.17, 15) is 9.90 Å². The van der Waals surface area contributed by atoms with Crippen LogP contribution in [0, 0.1) is 0 Å². The van der Waals surface area contributed by atoms with E-state index in [-0.39, 0.29) is 18.0 Å². The molecule has 0 spiro atoms. The molecular weight excluding hydrogens is 320 g/mol. The van der Waals surface area contributed by atoms with Crippen molar-refractivity contribution in [3.05, 3.63) is 54.5 Å². The van der Waals surface area contributed by atoms with E-state index >= 15 is 0 Å². The molecule has 1 aliphatic rings. The van der Waals surface area contributed by atoms with E-state index in [0.29, 0.717) is 17.7 Å². The Bertz CT molecular complexity index is 910. The van der Waals surface area contributed by atoms with E-state index < -0.39 is 6.10 Å². The number of benzene rings is 1. The molecule has 0 bridgehead atoms. The molecule has 3 atom stereocenters. The Morgan fingerprint density at radius 2 is 2.20 bits per heavy atom. The molecule has 2 aromatic heterocycles. The molecular formula is C18H18N4O3. The summed E-state index contributed by atoms with van der Waals surface area (Å²) in [6.07, 6.45) is 4.96. The lowest BCUT2D eigenvalue weighted by molar-refractivity contribution is -0.00588. The fraction of sp³-hybridized carbons (Fsp3) is 0.278. The first-order chi connectivity index (χ1) is 12.2. The van der Waals surface area contributed by atoms with Crippen molar-refractivity contribution in [2.75, 3.05) is 7.11 Å². The minimum atomic E-state index is -0.527. The highest BCUT2D eigenvalue weighted by molar-refractivity contribution is 6.08. The van der Waals surface area contributed by atoms with E-state index in [1.165, 1.54) is 7.11 Å². The zero-order valence-electron chi connectivity index (χ0n) is 13.7. The van der Waals surface area contributed by atoms with Crippen LogP contribution in [0.3, 0.4) is 0 Å². The predicted octanol–water partition coefficient (Wildman–Crippen LogP) is 1.54. The maximum atomic E-state index is 12.9. The number of pyridine rings is 1. The summed E-state index contributed by atoms with van der Waals surface area (Å²) in [5, 5.41) is 18.0. The Hall–Kier alpha value is -2.93. The Morgan fingerprint density at radius 3 is 2.92 bits per heavy atom. The van der Waals surface area contributed by atoms with Crippen molar-refractivity contribution in [1.29, 1.82) is 0 Å². The second kappa shape index (κ2) is 6.18. The summed E-state index contributed by atoms with van der Waals surface area (Å²) in [6, 6.07) is 8.77. The number of nitrogens with zero attached hydrogens (tertiary/aromatic N) is 3. The first kappa shape index (κ1) is 15.6. The summed E-state index contributed by atoms with van der Waals surface area (Å²) < 4.78 is 7.02. The molecule has 1 aliphatic carbocycles. The molecule has 2 N–H and O–H groups in total. The third-order valence-electron chi connectivity index (χ3n) is 4.64. The van der Waals surface area contributed by atoms with Gasteiger partial charge < -0.3 is 15.2 Å². The van der Waals surface area contributed by atoms with Crippen LogP contribution in [-0.2, 0) is 0 Å². The summed E-state index contributed by atoms with van der Waals surface area (Å²) in [4.78, 5) is 17.3. The van der Waals surface area contributed by atoms with E-state index in [4.69, 9.17) is 4.74 Å². The fourth-order valence-corrected chi connectivity index (χ4v) is 3.33. The average molecular weight is 338 g/mol. The molecule has 1 aromatic carbocycles. The van der Waals surface area contributed by atoms with Crippen molar-refractivity contribution < 1.29 is 14.6 Å². The second-order valence-electron chi connectivity index (χ2n) is 6.08. The van der Waals surface area contributed by atoms with Gasteiger partial charge in [-0.25, -0.2) is 0 Å². The van der Waals surface area contributed by atoms with E-state index in [1.54, 1.807) is 29.3 Å². The zero-order valence-corrected chi connectivity index (χ0v) is 13.7. The molecule has 0 aliphatic heterocycles. The lowest BCUT2D eigenvalue weighted by Crippen LogP contribution is -2.56. The van der Waals surface area contributed by atoms with Crippen molar-refractivity contribution in [2.24, 2.45) is 0 Å². The van der Waals surface area contributed by atoms with Gasteiger partial charge in [-0.05, 0) is 18.6 Å². The lowest BCUT2D eigenvalue weighted by Gasteiger charge is -2.41. The quantitative estimate of drug-likeness (QED) is 0.753. The molecule has 0 unspecified atom stereocenters. The van der Waals surface area contributed by atoms with Crippen LogP contribution in [0.4, 0.5) is 0 Å². The maximum absolute atomic E-state index is 12.9. The first-order valence-electron chi connectivity index (χ1n) is 8.09. The van der Waals surface area contributed by atoms with Crippen LogP contribution in [0.25, 0.3) is 10.9 Å². The largest absolute Gasteiger partial charge is 0.494 e. The highest BCUT2D eigenvalue weighted by atomic mass is 16.5. The van der Waals surface area contributed by atoms with Gasteiger partial charge in [0, 0.05) is 17.8 Å². The van der Waals surface area contributed by atoms with Crippen LogP contribution in [0.15, 0.2) is 48.9 Å². The van der Waals surface area contributed by atoms with Crippen molar-refractivity contribution in [1.82, 2.24) is 20.1 Å². The summed E-state index contributed by atoms with van der Waals surface area (Å²) in [5.41, 5.74) is 1.18. The molecule has 1 saturated carbocycles. The number of amides is 1. The number of carbonyl (C=O) groups excluding carboxylic acids is 1. The van der Waals surface area contributed by atoms with Crippen molar-refractivity contribution >= 4 is 16.8 Å². The highest BCUT2D eigenvalue weighted by Crippen LogP contribution is 2.33. The highest BCUT2D eigenvalue weighted by Gasteiger charge is 2.43. The topological polar surface area (TPSA) is 89.3 Å². The molecule has 7 heteroatoms. The maximum Gasteiger partial charge on any atom is 0.256 e. The second-order valence-corrected chi connectivity index (χ2v) is 6.08. The van der Waals surface area contributed by atoms with Crippen LogP contribution in [0.5, 0.6) is 5.75 Å². The van der Waals surface area contributed by atoms with Crippen molar-refractivity contribution in [3.63, 3.8) is 0 Å². The molecule has 128 valence electrons. The number of nitrogens with one attached hydrogen (secondary N) is 1. The SMILES string of the molecule is COc1cnc2ccccc2c1C(=O)N[C@H]1C[C@@H](O)[C@@H]1n1cccn1. The minimum absolute atomic E-state index is 0.195. The number of hydrogen-bond acceptors (Lipinski definition) is 5. The van der Waals surface area contributed by atoms with Crippen LogP contribution in [-0.4, -0.2) is 45.0 Å². The van der Waals surface area contributed by atoms with E-state index in [0.717, 1.165) is 10.9 Å². The first-order valence-corrected chi connectivity index (χ1v) is 8.09. The third kappa shape index (κ3) is 2.62. The smallest absolute Gasteiger partial charge is 0.256 e. The van der Waals surface area contributed by atoms with Gasteiger partial charge in [0.25, 0.3) is 5.91 Å². The third-order valence-corrected chi connectivity index (χ3v) is 4.64. The summed E-state index contributed by atoms with van der Waals surface area (Å²) in [6.45, 7) is 0. The number of hydrogen-bond donors (Lipinski definition) is 2.